The van der Waals surface area contributed by atoms with E-state index in [2.05, 4.69) is 0 Å². The largest absolute Gasteiger partial charge is 0.493 e. The minimum absolute atomic E-state index is 0.177. The molecule has 0 fully saturated rings. The molecule has 210 valence electrons. The van der Waals surface area contributed by atoms with Gasteiger partial charge in [-0.3, -0.25) is 9.59 Å². The molecule has 8 heteroatoms. The van der Waals surface area contributed by atoms with Crippen molar-refractivity contribution in [2.75, 3.05) is 28.4 Å². The molecule has 42 heavy (non-hydrogen) atoms. The van der Waals surface area contributed by atoms with Gasteiger partial charge in [-0.1, -0.05) is 60.7 Å². The van der Waals surface area contributed by atoms with Crippen LogP contribution < -0.4 is 29.8 Å². The van der Waals surface area contributed by atoms with Crippen molar-refractivity contribution in [2.45, 2.75) is 0 Å². The van der Waals surface area contributed by atoms with E-state index in [1.54, 1.807) is 12.1 Å². The number of rotatable bonds is 7. The Bertz CT molecular complexity index is 1910. The lowest BCUT2D eigenvalue weighted by Crippen LogP contribution is -2.07. The molecule has 6 aromatic rings. The van der Waals surface area contributed by atoms with E-state index in [0.29, 0.717) is 45.3 Å². The van der Waals surface area contributed by atoms with Crippen molar-refractivity contribution in [3.63, 3.8) is 0 Å². The normalized spacial score (nSPS) is 11.0. The Balaban J connectivity index is 1.80. The van der Waals surface area contributed by atoms with Gasteiger partial charge in [0, 0.05) is 34.4 Å². The lowest BCUT2D eigenvalue weighted by molar-refractivity contribution is 0.357. The number of methoxy groups -OCH3 is 4. The van der Waals surface area contributed by atoms with Gasteiger partial charge in [0.05, 0.1) is 28.4 Å². The summed E-state index contributed by atoms with van der Waals surface area (Å²) in [5.74, 6) is 1.76. The lowest BCUT2D eigenvalue weighted by atomic mass is 9.97. The van der Waals surface area contributed by atoms with Crippen molar-refractivity contribution in [3.8, 4) is 56.8 Å². The predicted molar refractivity (Wildman–Crippen MR) is 161 cm³/mol. The van der Waals surface area contributed by atoms with Crippen molar-refractivity contribution in [2.24, 2.45) is 0 Å². The van der Waals surface area contributed by atoms with Gasteiger partial charge in [0.2, 0.25) is 0 Å². The van der Waals surface area contributed by atoms with E-state index in [9.17, 15) is 9.59 Å². The van der Waals surface area contributed by atoms with E-state index in [1.165, 1.54) is 40.6 Å². The Hall–Kier alpha value is -5.50. The molecule has 0 amide bonds. The molecule has 8 nitrogen and oxygen atoms in total. The third-order valence-electron chi connectivity index (χ3n) is 7.09. The van der Waals surface area contributed by atoms with Crippen LogP contribution in [0.1, 0.15) is 0 Å². The molecule has 2 heterocycles. The van der Waals surface area contributed by atoms with E-state index in [-0.39, 0.29) is 44.3 Å². The summed E-state index contributed by atoms with van der Waals surface area (Å²) in [4.78, 5) is 27.3. The van der Waals surface area contributed by atoms with E-state index < -0.39 is 0 Å². The van der Waals surface area contributed by atoms with Gasteiger partial charge in [0.1, 0.15) is 22.3 Å². The van der Waals surface area contributed by atoms with Crippen LogP contribution in [0.4, 0.5) is 0 Å². The van der Waals surface area contributed by atoms with Crippen molar-refractivity contribution in [1.29, 1.82) is 0 Å². The summed E-state index contributed by atoms with van der Waals surface area (Å²) in [7, 11) is 5.87. The first kappa shape index (κ1) is 26.7. The molecule has 6 rings (SSSR count). The predicted octanol–water partition coefficient (Wildman–Crippen LogP) is 6.93. The topological polar surface area (TPSA) is 97.3 Å². The fraction of sp³-hybridized carbons (Fsp3) is 0.118. The van der Waals surface area contributed by atoms with Crippen LogP contribution in [0, 0.1) is 0 Å². The number of ether oxygens (including phenoxy) is 4. The molecule has 0 aliphatic heterocycles. The van der Waals surface area contributed by atoms with Crippen LogP contribution in [0.15, 0.2) is 103 Å². The Morgan fingerprint density at radius 3 is 1.21 bits per heavy atom. The van der Waals surface area contributed by atoms with Gasteiger partial charge < -0.3 is 27.8 Å². The van der Waals surface area contributed by atoms with Crippen molar-refractivity contribution in [3.05, 3.63) is 105 Å². The standard InChI is InChI=1S/C34H26O8/c1-37-27-15-21(31-29(33(27)39-3)23(35)17-25(41-31)19-11-7-5-8-12-19)22-16-28(38-2)34(40-4)30-24(36)18-26(42-32(22)30)20-13-9-6-10-14-20/h5-18H,1-4H3. The highest BCUT2D eigenvalue weighted by Crippen LogP contribution is 2.47. The molecule has 0 bridgehead atoms. The smallest absolute Gasteiger partial charge is 0.197 e. The molecule has 0 spiro atoms. The van der Waals surface area contributed by atoms with Crippen LogP contribution in [-0.2, 0) is 0 Å². The second kappa shape index (κ2) is 10.8. The highest BCUT2D eigenvalue weighted by Gasteiger charge is 2.26. The Kier molecular flexibility index (Phi) is 6.88. The zero-order valence-electron chi connectivity index (χ0n) is 23.3. The molecule has 2 aromatic heterocycles. The number of benzene rings is 4. The second-order valence-electron chi connectivity index (χ2n) is 9.41. The molecule has 0 saturated heterocycles. The summed E-state index contributed by atoms with van der Waals surface area (Å²) in [6.07, 6.45) is 0. The van der Waals surface area contributed by atoms with Crippen molar-refractivity contribution >= 4 is 21.9 Å². The van der Waals surface area contributed by atoms with Gasteiger partial charge >= 0.3 is 0 Å². The summed E-state index contributed by atoms with van der Waals surface area (Å²) in [5.41, 5.74) is 2.07. The molecule has 4 aromatic carbocycles. The third-order valence-corrected chi connectivity index (χ3v) is 7.09. The summed E-state index contributed by atoms with van der Waals surface area (Å²) in [6, 6.07) is 24.8. The molecule has 0 aliphatic carbocycles. The van der Waals surface area contributed by atoms with Crippen LogP contribution in [0.5, 0.6) is 23.0 Å². The first-order valence-electron chi connectivity index (χ1n) is 13.1. The molecule has 0 atom stereocenters. The Labute approximate surface area is 240 Å². The quantitative estimate of drug-likeness (QED) is 0.207. The molecule has 0 aliphatic rings. The molecule has 0 N–H and O–H groups in total. The zero-order valence-corrected chi connectivity index (χ0v) is 23.3. The number of fused-ring (bicyclic) bond motifs is 2. The average molecular weight is 563 g/mol. The first-order chi connectivity index (χ1) is 20.5. The van der Waals surface area contributed by atoms with Crippen LogP contribution in [0.25, 0.3) is 55.7 Å². The number of hydrogen-bond donors (Lipinski definition) is 0. The monoisotopic (exact) mass is 562 g/mol. The highest BCUT2D eigenvalue weighted by molar-refractivity contribution is 6.06. The zero-order chi connectivity index (χ0) is 29.4. The summed E-state index contributed by atoms with van der Waals surface area (Å²) in [5, 5.41) is 0.354. The second-order valence-corrected chi connectivity index (χ2v) is 9.41. The van der Waals surface area contributed by atoms with Gasteiger partial charge in [-0.05, 0) is 12.1 Å². The molecule has 0 unspecified atom stereocenters. The van der Waals surface area contributed by atoms with Crippen LogP contribution in [0.2, 0.25) is 0 Å². The van der Waals surface area contributed by atoms with Crippen LogP contribution >= 0.6 is 0 Å². The summed E-state index contributed by atoms with van der Waals surface area (Å²) >= 11 is 0. The van der Waals surface area contributed by atoms with E-state index in [4.69, 9.17) is 27.8 Å². The SMILES string of the molecule is COc1cc(-c2cc(OC)c(OC)c3c(=O)cc(-c4ccccc4)oc23)c2oc(-c3ccccc3)cc(=O)c2c1OC. The van der Waals surface area contributed by atoms with Gasteiger partial charge in [0.25, 0.3) is 0 Å². The minimum Gasteiger partial charge on any atom is -0.493 e. The van der Waals surface area contributed by atoms with E-state index >= 15 is 0 Å². The van der Waals surface area contributed by atoms with E-state index in [1.807, 2.05) is 60.7 Å². The lowest BCUT2D eigenvalue weighted by Gasteiger charge is -2.18. The molecular formula is C34H26O8. The fourth-order valence-electron chi connectivity index (χ4n) is 5.17. The van der Waals surface area contributed by atoms with Crippen molar-refractivity contribution < 1.29 is 27.8 Å². The highest BCUT2D eigenvalue weighted by atomic mass is 16.5. The van der Waals surface area contributed by atoms with Gasteiger partial charge in [-0.2, -0.15) is 0 Å². The fourth-order valence-corrected chi connectivity index (χ4v) is 5.17. The van der Waals surface area contributed by atoms with Crippen molar-refractivity contribution in [1.82, 2.24) is 0 Å². The molecule has 0 saturated carbocycles. The minimum atomic E-state index is -0.330. The molecule has 0 radical (unpaired) electrons. The van der Waals surface area contributed by atoms with Gasteiger partial charge in [-0.15, -0.1) is 0 Å². The Morgan fingerprint density at radius 2 is 0.881 bits per heavy atom. The van der Waals surface area contributed by atoms with E-state index in [0.717, 1.165) is 0 Å². The first-order valence-corrected chi connectivity index (χ1v) is 13.1. The number of hydrogen-bond acceptors (Lipinski definition) is 8. The average Bonchev–Trinajstić information content (AvgIpc) is 3.03. The third kappa shape index (κ3) is 4.34. The Morgan fingerprint density at radius 1 is 0.500 bits per heavy atom. The maximum atomic E-state index is 13.7. The molecular weight excluding hydrogens is 536 g/mol. The maximum absolute atomic E-state index is 13.7. The van der Waals surface area contributed by atoms with Crippen LogP contribution in [0.3, 0.4) is 0 Å². The maximum Gasteiger partial charge on any atom is 0.197 e. The van der Waals surface area contributed by atoms with Gasteiger partial charge in [-0.25, -0.2) is 0 Å². The summed E-state index contributed by atoms with van der Waals surface area (Å²) in [6.45, 7) is 0. The summed E-state index contributed by atoms with van der Waals surface area (Å²) < 4.78 is 35.5. The van der Waals surface area contributed by atoms with Crippen LogP contribution in [-0.4, -0.2) is 28.4 Å². The van der Waals surface area contributed by atoms with Gasteiger partial charge in [0.15, 0.2) is 45.0 Å².